The molecule has 0 aliphatic rings. The average molecular weight is 199 g/mol. The SMILES string of the molecule is CC(C)OOCCC=C(C#N)C(=O)O. The summed E-state index contributed by atoms with van der Waals surface area (Å²) in [6.45, 7) is 3.86. The smallest absolute Gasteiger partial charge is 0.346 e. The number of nitrogens with zero attached hydrogens (tertiary/aromatic N) is 1. The zero-order valence-electron chi connectivity index (χ0n) is 8.19. The van der Waals surface area contributed by atoms with E-state index in [9.17, 15) is 4.79 Å². The van der Waals surface area contributed by atoms with E-state index in [0.29, 0.717) is 6.42 Å². The van der Waals surface area contributed by atoms with Gasteiger partial charge in [0.25, 0.3) is 0 Å². The number of nitriles is 1. The van der Waals surface area contributed by atoms with Crippen molar-refractivity contribution in [3.63, 3.8) is 0 Å². The lowest BCUT2D eigenvalue weighted by molar-refractivity contribution is -0.315. The zero-order chi connectivity index (χ0) is 11.0. The summed E-state index contributed by atoms with van der Waals surface area (Å²) in [5.74, 6) is -1.22. The highest BCUT2D eigenvalue weighted by Gasteiger charge is 2.03. The molecule has 0 aromatic heterocycles. The molecule has 0 fully saturated rings. The van der Waals surface area contributed by atoms with Crippen molar-refractivity contribution in [2.45, 2.75) is 26.4 Å². The van der Waals surface area contributed by atoms with Gasteiger partial charge in [0, 0.05) is 0 Å². The summed E-state index contributed by atoms with van der Waals surface area (Å²) in [6.07, 6.45) is 1.60. The van der Waals surface area contributed by atoms with Gasteiger partial charge in [-0.15, -0.1) is 0 Å². The van der Waals surface area contributed by atoms with Crippen molar-refractivity contribution >= 4 is 5.97 Å². The number of carboxylic acids is 1. The Morgan fingerprint density at radius 3 is 2.71 bits per heavy atom. The number of carboxylic acid groups (broad SMARTS) is 1. The second-order valence-electron chi connectivity index (χ2n) is 2.79. The molecule has 0 radical (unpaired) electrons. The third-order valence-electron chi connectivity index (χ3n) is 1.16. The van der Waals surface area contributed by atoms with Crippen molar-refractivity contribution in [1.82, 2.24) is 0 Å². The summed E-state index contributed by atoms with van der Waals surface area (Å²) in [7, 11) is 0. The van der Waals surface area contributed by atoms with E-state index in [2.05, 4.69) is 0 Å². The average Bonchev–Trinajstić information content (AvgIpc) is 2.10. The Morgan fingerprint density at radius 1 is 1.64 bits per heavy atom. The van der Waals surface area contributed by atoms with Gasteiger partial charge in [0.1, 0.15) is 11.6 Å². The number of hydrogen-bond donors (Lipinski definition) is 1. The Balaban J connectivity index is 3.71. The van der Waals surface area contributed by atoms with E-state index in [1.807, 2.05) is 13.8 Å². The zero-order valence-corrected chi connectivity index (χ0v) is 8.19. The van der Waals surface area contributed by atoms with Gasteiger partial charge in [0.05, 0.1) is 12.7 Å². The van der Waals surface area contributed by atoms with Crippen LogP contribution in [0.4, 0.5) is 0 Å². The van der Waals surface area contributed by atoms with E-state index in [0.717, 1.165) is 0 Å². The summed E-state index contributed by atoms with van der Waals surface area (Å²) in [6, 6.07) is 1.57. The van der Waals surface area contributed by atoms with Crippen LogP contribution in [0.3, 0.4) is 0 Å². The molecule has 5 nitrogen and oxygen atoms in total. The largest absolute Gasteiger partial charge is 0.477 e. The molecule has 0 unspecified atom stereocenters. The van der Waals surface area contributed by atoms with Gasteiger partial charge in [-0.05, 0) is 20.3 Å². The Morgan fingerprint density at radius 2 is 2.29 bits per heavy atom. The van der Waals surface area contributed by atoms with E-state index in [-0.39, 0.29) is 18.3 Å². The number of aliphatic carboxylic acids is 1. The van der Waals surface area contributed by atoms with Crippen LogP contribution in [-0.4, -0.2) is 23.8 Å². The maximum absolute atomic E-state index is 10.3. The highest BCUT2D eigenvalue weighted by atomic mass is 17.2. The van der Waals surface area contributed by atoms with Crippen LogP contribution in [0.2, 0.25) is 0 Å². The third kappa shape index (κ3) is 6.17. The van der Waals surface area contributed by atoms with Crippen molar-refractivity contribution in [3.05, 3.63) is 11.6 Å². The van der Waals surface area contributed by atoms with E-state index in [1.54, 1.807) is 6.07 Å². The quantitative estimate of drug-likeness (QED) is 0.229. The highest BCUT2D eigenvalue weighted by molar-refractivity contribution is 5.90. The molecule has 0 aromatic rings. The van der Waals surface area contributed by atoms with Crippen molar-refractivity contribution in [2.24, 2.45) is 0 Å². The third-order valence-corrected chi connectivity index (χ3v) is 1.16. The van der Waals surface area contributed by atoms with Crippen LogP contribution in [0.25, 0.3) is 0 Å². The Labute approximate surface area is 82.5 Å². The molecule has 1 N–H and O–H groups in total. The number of hydrogen-bond acceptors (Lipinski definition) is 4. The number of carbonyl (C=O) groups is 1. The minimum absolute atomic E-state index is 0.0334. The topological polar surface area (TPSA) is 79.5 Å². The first-order valence-electron chi connectivity index (χ1n) is 4.19. The van der Waals surface area contributed by atoms with Crippen LogP contribution < -0.4 is 0 Å². The molecule has 0 atom stereocenters. The lowest BCUT2D eigenvalue weighted by Gasteiger charge is -2.04. The lowest BCUT2D eigenvalue weighted by atomic mass is 10.2. The molecule has 0 bridgehead atoms. The van der Waals surface area contributed by atoms with Crippen LogP contribution in [0.15, 0.2) is 11.6 Å². The summed E-state index contributed by atoms with van der Waals surface area (Å²) in [5.41, 5.74) is -0.279. The van der Waals surface area contributed by atoms with Gasteiger partial charge in [-0.25, -0.2) is 14.6 Å². The van der Waals surface area contributed by atoms with E-state index in [4.69, 9.17) is 20.1 Å². The molecule has 0 aliphatic heterocycles. The molecule has 0 amide bonds. The molecular weight excluding hydrogens is 186 g/mol. The fraction of sp³-hybridized carbons (Fsp3) is 0.556. The van der Waals surface area contributed by atoms with Crippen LogP contribution in [0.5, 0.6) is 0 Å². The molecule has 78 valence electrons. The van der Waals surface area contributed by atoms with Crippen LogP contribution in [-0.2, 0) is 14.6 Å². The molecule has 0 rings (SSSR count). The normalized spacial score (nSPS) is 11.4. The molecule has 5 heteroatoms. The van der Waals surface area contributed by atoms with Gasteiger partial charge in [-0.2, -0.15) is 5.26 Å². The van der Waals surface area contributed by atoms with Gasteiger partial charge in [0.2, 0.25) is 0 Å². The first-order valence-corrected chi connectivity index (χ1v) is 4.19. The summed E-state index contributed by atoms with van der Waals surface area (Å²) >= 11 is 0. The molecular formula is C9H13NO4. The molecule has 0 aliphatic carbocycles. The lowest BCUT2D eigenvalue weighted by Crippen LogP contribution is -2.04. The predicted molar refractivity (Wildman–Crippen MR) is 48.1 cm³/mol. The fourth-order valence-corrected chi connectivity index (χ4v) is 0.616. The van der Waals surface area contributed by atoms with Crippen LogP contribution in [0.1, 0.15) is 20.3 Å². The second-order valence-corrected chi connectivity index (χ2v) is 2.79. The molecule has 0 saturated carbocycles. The monoisotopic (exact) mass is 199 g/mol. The van der Waals surface area contributed by atoms with Crippen molar-refractivity contribution in [3.8, 4) is 6.07 Å². The van der Waals surface area contributed by atoms with Gasteiger partial charge in [-0.1, -0.05) is 6.08 Å². The molecule has 0 spiro atoms. The second kappa shape index (κ2) is 7.06. The van der Waals surface area contributed by atoms with Crippen LogP contribution >= 0.6 is 0 Å². The summed E-state index contributed by atoms with van der Waals surface area (Å²) in [4.78, 5) is 19.8. The minimum Gasteiger partial charge on any atom is -0.477 e. The van der Waals surface area contributed by atoms with Gasteiger partial charge in [-0.3, -0.25) is 0 Å². The summed E-state index contributed by atoms with van der Waals surface area (Å²) in [5, 5.41) is 16.8. The molecule has 0 aromatic carbocycles. The molecule has 0 saturated heterocycles. The fourth-order valence-electron chi connectivity index (χ4n) is 0.616. The Hall–Kier alpha value is -1.38. The van der Waals surface area contributed by atoms with Gasteiger partial charge < -0.3 is 5.11 Å². The maximum Gasteiger partial charge on any atom is 0.346 e. The standard InChI is InChI=1S/C9H13NO4/c1-7(2)14-13-5-3-4-8(6-10)9(11)12/h4,7H,3,5H2,1-2H3,(H,11,12). The van der Waals surface area contributed by atoms with Gasteiger partial charge in [0.15, 0.2) is 0 Å². The minimum atomic E-state index is -1.22. The van der Waals surface area contributed by atoms with Crippen LogP contribution in [0, 0.1) is 11.3 Å². The van der Waals surface area contributed by atoms with E-state index >= 15 is 0 Å². The van der Waals surface area contributed by atoms with Gasteiger partial charge >= 0.3 is 5.97 Å². The first kappa shape index (κ1) is 12.6. The predicted octanol–water partition coefficient (Wildman–Crippen LogP) is 1.27. The molecule has 0 heterocycles. The molecule has 14 heavy (non-hydrogen) atoms. The van der Waals surface area contributed by atoms with Crippen molar-refractivity contribution in [1.29, 1.82) is 5.26 Å². The van der Waals surface area contributed by atoms with Crippen molar-refractivity contribution < 1.29 is 19.7 Å². The summed E-state index contributed by atoms with van der Waals surface area (Å²) < 4.78 is 0. The maximum atomic E-state index is 10.3. The highest BCUT2D eigenvalue weighted by Crippen LogP contribution is 1.97. The number of rotatable bonds is 6. The van der Waals surface area contributed by atoms with E-state index < -0.39 is 5.97 Å². The van der Waals surface area contributed by atoms with Crippen molar-refractivity contribution in [2.75, 3.05) is 6.61 Å². The Bertz CT molecular complexity index is 252. The first-order chi connectivity index (χ1) is 6.57. The van der Waals surface area contributed by atoms with E-state index in [1.165, 1.54) is 6.08 Å². The Kier molecular flexibility index (Phi) is 6.37.